The summed E-state index contributed by atoms with van der Waals surface area (Å²) in [4.78, 5) is 11.7. The Morgan fingerprint density at radius 1 is 1.73 bits per heavy atom. The first-order valence-electron chi connectivity index (χ1n) is 4.92. The normalized spacial score (nSPS) is 15.0. The minimum Gasteiger partial charge on any atom is -0.364 e. The van der Waals surface area contributed by atoms with Gasteiger partial charge in [-0.3, -0.25) is 4.79 Å². The largest absolute Gasteiger partial charge is 0.364 e. The predicted molar refractivity (Wildman–Crippen MR) is 56.3 cm³/mol. The summed E-state index contributed by atoms with van der Waals surface area (Å²) in [5.41, 5.74) is 5.50. The van der Waals surface area contributed by atoms with Gasteiger partial charge < -0.3 is 15.6 Å². The van der Waals surface area contributed by atoms with E-state index >= 15 is 0 Å². The van der Waals surface area contributed by atoms with Crippen molar-refractivity contribution in [3.63, 3.8) is 0 Å². The number of carbonyl (C=O) groups excluding carboxylic acids is 1. The van der Waals surface area contributed by atoms with Gasteiger partial charge in [0.05, 0.1) is 5.54 Å². The van der Waals surface area contributed by atoms with Crippen molar-refractivity contribution in [2.45, 2.75) is 26.3 Å². The first-order valence-corrected chi connectivity index (χ1v) is 4.92. The van der Waals surface area contributed by atoms with Crippen molar-refractivity contribution >= 4 is 5.91 Å². The highest BCUT2D eigenvalue weighted by atomic mass is 16.5. The molecule has 1 heterocycles. The number of aromatic nitrogens is 1. The fraction of sp³-hybridized carbons (Fsp3) is 0.600. The van der Waals surface area contributed by atoms with Gasteiger partial charge in [0.15, 0.2) is 5.69 Å². The van der Waals surface area contributed by atoms with Crippen molar-refractivity contribution in [3.05, 3.63) is 18.0 Å². The topological polar surface area (TPSA) is 81.1 Å². The van der Waals surface area contributed by atoms with Crippen LogP contribution in [0.5, 0.6) is 0 Å². The van der Waals surface area contributed by atoms with Crippen molar-refractivity contribution in [1.82, 2.24) is 10.5 Å². The molecule has 15 heavy (non-hydrogen) atoms. The third-order valence-corrected chi connectivity index (χ3v) is 2.77. The Hall–Kier alpha value is -1.36. The van der Waals surface area contributed by atoms with E-state index in [0.29, 0.717) is 6.54 Å². The van der Waals surface area contributed by atoms with Crippen LogP contribution >= 0.6 is 0 Å². The highest BCUT2D eigenvalue weighted by molar-refractivity contribution is 5.92. The van der Waals surface area contributed by atoms with Crippen LogP contribution < -0.4 is 11.1 Å². The van der Waals surface area contributed by atoms with Gasteiger partial charge in [-0.1, -0.05) is 19.0 Å². The van der Waals surface area contributed by atoms with E-state index < -0.39 is 5.54 Å². The predicted octanol–water partition coefficient (Wildman–Crippen LogP) is 0.778. The molecule has 1 aromatic rings. The molecule has 3 N–H and O–H groups in total. The van der Waals surface area contributed by atoms with Crippen LogP contribution in [0.15, 0.2) is 16.9 Å². The second-order valence-corrected chi connectivity index (χ2v) is 4.12. The molecule has 0 aliphatic heterocycles. The van der Waals surface area contributed by atoms with Crippen molar-refractivity contribution in [2.24, 2.45) is 11.7 Å². The summed E-state index contributed by atoms with van der Waals surface area (Å²) in [5, 5.41) is 6.42. The molecule has 0 spiro atoms. The maximum absolute atomic E-state index is 11.7. The Balaban J connectivity index is 2.72. The second-order valence-electron chi connectivity index (χ2n) is 4.12. The fourth-order valence-corrected chi connectivity index (χ4v) is 1.08. The zero-order valence-corrected chi connectivity index (χ0v) is 9.28. The van der Waals surface area contributed by atoms with E-state index in [-0.39, 0.29) is 17.5 Å². The first kappa shape index (κ1) is 11.7. The van der Waals surface area contributed by atoms with Gasteiger partial charge in [0.2, 0.25) is 0 Å². The highest BCUT2D eigenvalue weighted by Crippen LogP contribution is 2.15. The highest BCUT2D eigenvalue weighted by Gasteiger charge is 2.29. The number of nitrogens with one attached hydrogen (secondary N) is 1. The molecule has 0 bridgehead atoms. The molecule has 1 aromatic heterocycles. The van der Waals surface area contributed by atoms with Crippen LogP contribution in [0.3, 0.4) is 0 Å². The summed E-state index contributed by atoms with van der Waals surface area (Å²) in [7, 11) is 0. The van der Waals surface area contributed by atoms with Gasteiger partial charge in [0.25, 0.3) is 5.91 Å². The lowest BCUT2D eigenvalue weighted by Crippen LogP contribution is -2.55. The lowest BCUT2D eigenvalue weighted by molar-refractivity contribution is 0.0874. The van der Waals surface area contributed by atoms with E-state index in [2.05, 4.69) is 15.0 Å². The third kappa shape index (κ3) is 2.56. The minimum atomic E-state index is -0.421. The van der Waals surface area contributed by atoms with Gasteiger partial charge in [-0.2, -0.15) is 0 Å². The van der Waals surface area contributed by atoms with E-state index in [0.717, 1.165) is 0 Å². The van der Waals surface area contributed by atoms with Crippen LogP contribution in [0, 0.1) is 5.92 Å². The molecule has 0 aliphatic carbocycles. The van der Waals surface area contributed by atoms with Crippen LogP contribution in [0.1, 0.15) is 31.3 Å². The molecule has 5 heteroatoms. The first-order chi connectivity index (χ1) is 6.99. The van der Waals surface area contributed by atoms with Crippen LogP contribution in [-0.2, 0) is 0 Å². The van der Waals surface area contributed by atoms with Gasteiger partial charge in [-0.25, -0.2) is 0 Å². The number of carbonyl (C=O) groups is 1. The molecular formula is C10H17N3O2. The Morgan fingerprint density at radius 3 is 2.80 bits per heavy atom. The summed E-state index contributed by atoms with van der Waals surface area (Å²) in [5.74, 6) is -0.0104. The number of hydrogen-bond donors (Lipinski definition) is 2. The zero-order valence-electron chi connectivity index (χ0n) is 9.28. The summed E-state index contributed by atoms with van der Waals surface area (Å²) in [6.45, 7) is 6.32. The van der Waals surface area contributed by atoms with Gasteiger partial charge in [0, 0.05) is 12.6 Å². The van der Waals surface area contributed by atoms with Crippen LogP contribution in [-0.4, -0.2) is 23.1 Å². The molecule has 1 unspecified atom stereocenters. The van der Waals surface area contributed by atoms with Gasteiger partial charge >= 0.3 is 0 Å². The minimum absolute atomic E-state index is 0.248. The number of nitrogens with zero attached hydrogens (tertiary/aromatic N) is 1. The van der Waals surface area contributed by atoms with E-state index in [1.807, 2.05) is 20.8 Å². The van der Waals surface area contributed by atoms with Crippen molar-refractivity contribution in [2.75, 3.05) is 6.54 Å². The Labute approximate surface area is 89.0 Å². The molecule has 1 atom stereocenters. The fourth-order valence-electron chi connectivity index (χ4n) is 1.08. The second kappa shape index (κ2) is 4.44. The molecule has 0 aliphatic rings. The monoisotopic (exact) mass is 211 g/mol. The van der Waals surface area contributed by atoms with Gasteiger partial charge in [0.1, 0.15) is 6.26 Å². The van der Waals surface area contributed by atoms with Crippen LogP contribution in [0.2, 0.25) is 0 Å². The summed E-state index contributed by atoms with van der Waals surface area (Å²) in [6, 6.07) is 1.52. The molecule has 1 rings (SSSR count). The van der Waals surface area contributed by atoms with Crippen molar-refractivity contribution in [1.29, 1.82) is 0 Å². The SMILES string of the molecule is CC(C)C(C)(CN)NC(=O)c1ccon1. The Bertz CT molecular complexity index is 321. The van der Waals surface area contributed by atoms with E-state index in [4.69, 9.17) is 5.73 Å². The number of hydrogen-bond acceptors (Lipinski definition) is 4. The van der Waals surface area contributed by atoms with Gasteiger partial charge in [-0.15, -0.1) is 0 Å². The van der Waals surface area contributed by atoms with Crippen molar-refractivity contribution < 1.29 is 9.32 Å². The van der Waals surface area contributed by atoms with E-state index in [1.165, 1.54) is 12.3 Å². The smallest absolute Gasteiger partial charge is 0.273 e. The molecule has 5 nitrogen and oxygen atoms in total. The molecule has 0 saturated heterocycles. The standard InChI is InChI=1S/C10H17N3O2/c1-7(2)10(3,6-11)12-9(14)8-4-5-15-13-8/h4-5,7H,6,11H2,1-3H3,(H,12,14). The number of nitrogens with two attached hydrogens (primary N) is 1. The summed E-state index contributed by atoms with van der Waals surface area (Å²) < 4.78 is 4.60. The molecular weight excluding hydrogens is 194 g/mol. The lowest BCUT2D eigenvalue weighted by Gasteiger charge is -2.33. The molecule has 0 aromatic carbocycles. The third-order valence-electron chi connectivity index (χ3n) is 2.77. The van der Waals surface area contributed by atoms with E-state index in [1.54, 1.807) is 0 Å². The summed E-state index contributed by atoms with van der Waals surface area (Å²) >= 11 is 0. The maximum atomic E-state index is 11.7. The molecule has 84 valence electrons. The average Bonchev–Trinajstić information content (AvgIpc) is 2.70. The molecule has 0 saturated carbocycles. The zero-order chi connectivity index (χ0) is 11.5. The lowest BCUT2D eigenvalue weighted by atomic mass is 9.88. The quantitative estimate of drug-likeness (QED) is 0.771. The van der Waals surface area contributed by atoms with E-state index in [9.17, 15) is 4.79 Å². The Morgan fingerprint density at radius 2 is 2.40 bits per heavy atom. The van der Waals surface area contributed by atoms with Crippen LogP contribution in [0.25, 0.3) is 0 Å². The average molecular weight is 211 g/mol. The maximum Gasteiger partial charge on any atom is 0.273 e. The molecule has 0 radical (unpaired) electrons. The molecule has 0 fully saturated rings. The van der Waals surface area contributed by atoms with Gasteiger partial charge in [-0.05, 0) is 12.8 Å². The number of amides is 1. The Kier molecular flexibility index (Phi) is 3.47. The summed E-state index contributed by atoms with van der Waals surface area (Å²) in [6.07, 6.45) is 1.37. The number of rotatable bonds is 4. The van der Waals surface area contributed by atoms with Crippen molar-refractivity contribution in [3.8, 4) is 0 Å². The van der Waals surface area contributed by atoms with Crippen LogP contribution in [0.4, 0.5) is 0 Å². The molecule has 1 amide bonds.